The van der Waals surface area contributed by atoms with E-state index in [0.717, 1.165) is 18.7 Å². The number of hydrogen-bond donors (Lipinski definition) is 0. The molecule has 0 spiro atoms. The molecule has 0 saturated carbocycles. The highest BCUT2D eigenvalue weighted by Crippen LogP contribution is 2.16. The maximum atomic E-state index is 11.5. The van der Waals surface area contributed by atoms with Crippen LogP contribution >= 0.6 is 0 Å². The molecule has 0 aromatic carbocycles. The van der Waals surface area contributed by atoms with Crippen LogP contribution < -0.4 is 0 Å². The highest BCUT2D eigenvalue weighted by atomic mass is 16.2. The summed E-state index contributed by atoms with van der Waals surface area (Å²) < 4.78 is 0. The van der Waals surface area contributed by atoms with Crippen LogP contribution in [0.4, 0.5) is 0 Å². The van der Waals surface area contributed by atoms with Gasteiger partial charge in [0.05, 0.1) is 12.2 Å². The van der Waals surface area contributed by atoms with E-state index in [4.69, 9.17) is 0 Å². The van der Waals surface area contributed by atoms with Crippen LogP contribution in [0.2, 0.25) is 0 Å². The van der Waals surface area contributed by atoms with E-state index in [1.54, 1.807) is 6.20 Å². The van der Waals surface area contributed by atoms with Crippen LogP contribution in [0, 0.1) is 0 Å². The number of carbonyl (C=O) groups excluding carboxylic acids is 1. The molecule has 3 heteroatoms. The van der Waals surface area contributed by atoms with Gasteiger partial charge in [0.2, 0.25) is 5.91 Å². The van der Waals surface area contributed by atoms with Gasteiger partial charge in [0, 0.05) is 19.2 Å². The van der Waals surface area contributed by atoms with Crippen molar-refractivity contribution in [2.24, 2.45) is 0 Å². The fraction of sp³-hybridized carbons (Fsp3) is 0.455. The second-order valence-corrected chi connectivity index (χ2v) is 3.53. The minimum atomic E-state index is 0.223. The Bertz CT molecular complexity index is 349. The van der Waals surface area contributed by atoms with Crippen molar-refractivity contribution in [3.05, 3.63) is 29.6 Å². The Morgan fingerprint density at radius 1 is 1.64 bits per heavy atom. The van der Waals surface area contributed by atoms with Gasteiger partial charge in [0.25, 0.3) is 0 Å². The molecule has 1 amide bonds. The average molecular weight is 190 g/mol. The Hall–Kier alpha value is -1.38. The van der Waals surface area contributed by atoms with Crippen LogP contribution in [-0.4, -0.2) is 22.3 Å². The molecule has 1 aliphatic heterocycles. The van der Waals surface area contributed by atoms with Crippen molar-refractivity contribution in [1.82, 2.24) is 9.88 Å². The van der Waals surface area contributed by atoms with E-state index in [1.807, 2.05) is 17.9 Å². The van der Waals surface area contributed by atoms with Gasteiger partial charge in [-0.05, 0) is 18.1 Å². The normalized spacial score (nSPS) is 15.1. The first kappa shape index (κ1) is 9.19. The molecule has 1 aromatic heterocycles. The second kappa shape index (κ2) is 3.78. The van der Waals surface area contributed by atoms with Gasteiger partial charge in [-0.3, -0.25) is 9.78 Å². The van der Waals surface area contributed by atoms with E-state index in [9.17, 15) is 4.79 Å². The largest absolute Gasteiger partial charge is 0.336 e. The van der Waals surface area contributed by atoms with Gasteiger partial charge in [-0.15, -0.1) is 0 Å². The third-order valence-electron chi connectivity index (χ3n) is 2.63. The smallest absolute Gasteiger partial charge is 0.222 e. The number of nitrogens with zero attached hydrogens (tertiary/aromatic N) is 2. The molecular formula is C11H14N2O. The molecule has 0 aliphatic carbocycles. The monoisotopic (exact) mass is 190 g/mol. The molecule has 74 valence electrons. The van der Waals surface area contributed by atoms with Gasteiger partial charge in [0.1, 0.15) is 0 Å². The summed E-state index contributed by atoms with van der Waals surface area (Å²) >= 11 is 0. The molecule has 2 heterocycles. The Labute approximate surface area is 83.8 Å². The van der Waals surface area contributed by atoms with E-state index in [2.05, 4.69) is 11.1 Å². The number of hydrogen-bond acceptors (Lipinski definition) is 2. The molecule has 0 radical (unpaired) electrons. The van der Waals surface area contributed by atoms with E-state index in [-0.39, 0.29) is 5.91 Å². The zero-order valence-corrected chi connectivity index (χ0v) is 8.36. The molecule has 3 nitrogen and oxygen atoms in total. The lowest BCUT2D eigenvalue weighted by molar-refractivity contribution is -0.131. The number of rotatable bonds is 1. The molecule has 1 aliphatic rings. The maximum Gasteiger partial charge on any atom is 0.222 e. The first-order valence-corrected chi connectivity index (χ1v) is 5.02. The lowest BCUT2D eigenvalue weighted by Gasteiger charge is -2.27. The Morgan fingerprint density at radius 3 is 3.29 bits per heavy atom. The molecule has 0 N–H and O–H groups in total. The van der Waals surface area contributed by atoms with Crippen molar-refractivity contribution >= 4 is 5.91 Å². The van der Waals surface area contributed by atoms with Gasteiger partial charge in [-0.1, -0.05) is 13.0 Å². The summed E-state index contributed by atoms with van der Waals surface area (Å²) in [5.41, 5.74) is 2.34. The van der Waals surface area contributed by atoms with Gasteiger partial charge in [-0.25, -0.2) is 0 Å². The Kier molecular flexibility index (Phi) is 2.48. The predicted molar refractivity (Wildman–Crippen MR) is 53.6 cm³/mol. The molecule has 0 atom stereocenters. The van der Waals surface area contributed by atoms with E-state index in [0.29, 0.717) is 13.0 Å². The van der Waals surface area contributed by atoms with Crippen molar-refractivity contribution in [2.75, 3.05) is 6.54 Å². The number of carbonyl (C=O) groups is 1. The van der Waals surface area contributed by atoms with Gasteiger partial charge in [0.15, 0.2) is 0 Å². The SMILES string of the molecule is CCC(=O)N1CCc2cccnc2C1. The summed E-state index contributed by atoms with van der Waals surface area (Å²) in [5, 5.41) is 0. The van der Waals surface area contributed by atoms with Crippen LogP contribution in [0.3, 0.4) is 0 Å². The van der Waals surface area contributed by atoms with Crippen LogP contribution in [-0.2, 0) is 17.8 Å². The lowest BCUT2D eigenvalue weighted by Crippen LogP contribution is -2.35. The molecular weight excluding hydrogens is 176 g/mol. The topological polar surface area (TPSA) is 33.2 Å². The molecule has 0 saturated heterocycles. The third-order valence-corrected chi connectivity index (χ3v) is 2.63. The predicted octanol–water partition coefficient (Wildman–Crippen LogP) is 1.38. The number of aromatic nitrogens is 1. The number of amides is 1. The summed E-state index contributed by atoms with van der Waals surface area (Å²) in [4.78, 5) is 17.7. The first-order valence-electron chi connectivity index (χ1n) is 5.02. The number of fused-ring (bicyclic) bond motifs is 1. The van der Waals surface area contributed by atoms with E-state index >= 15 is 0 Å². The van der Waals surface area contributed by atoms with Crippen LogP contribution in [0.1, 0.15) is 24.6 Å². The molecule has 0 fully saturated rings. The van der Waals surface area contributed by atoms with Crippen molar-refractivity contribution in [2.45, 2.75) is 26.3 Å². The quantitative estimate of drug-likeness (QED) is 0.670. The highest BCUT2D eigenvalue weighted by Gasteiger charge is 2.19. The fourth-order valence-electron chi connectivity index (χ4n) is 1.79. The van der Waals surface area contributed by atoms with Crippen molar-refractivity contribution in [3.8, 4) is 0 Å². The van der Waals surface area contributed by atoms with Crippen LogP contribution in [0.15, 0.2) is 18.3 Å². The number of pyridine rings is 1. The molecule has 0 unspecified atom stereocenters. The van der Waals surface area contributed by atoms with E-state index < -0.39 is 0 Å². The Balaban J connectivity index is 2.17. The van der Waals surface area contributed by atoms with Gasteiger partial charge in [-0.2, -0.15) is 0 Å². The highest BCUT2D eigenvalue weighted by molar-refractivity contribution is 5.76. The molecule has 0 bridgehead atoms. The maximum absolute atomic E-state index is 11.5. The zero-order chi connectivity index (χ0) is 9.97. The summed E-state index contributed by atoms with van der Waals surface area (Å²) in [5.74, 6) is 0.223. The standard InChI is InChI=1S/C11H14N2O/c1-2-11(14)13-7-5-9-4-3-6-12-10(9)8-13/h3-4,6H,2,5,7-8H2,1H3. The van der Waals surface area contributed by atoms with Crippen molar-refractivity contribution < 1.29 is 4.79 Å². The first-order chi connectivity index (χ1) is 6.81. The Morgan fingerprint density at radius 2 is 2.50 bits per heavy atom. The van der Waals surface area contributed by atoms with E-state index in [1.165, 1.54) is 5.56 Å². The fourth-order valence-corrected chi connectivity index (χ4v) is 1.79. The summed E-state index contributed by atoms with van der Waals surface area (Å²) in [6.07, 6.45) is 3.32. The van der Waals surface area contributed by atoms with Crippen molar-refractivity contribution in [3.63, 3.8) is 0 Å². The van der Waals surface area contributed by atoms with Crippen LogP contribution in [0.25, 0.3) is 0 Å². The second-order valence-electron chi connectivity index (χ2n) is 3.53. The van der Waals surface area contributed by atoms with Gasteiger partial charge < -0.3 is 4.90 Å². The van der Waals surface area contributed by atoms with Crippen molar-refractivity contribution in [1.29, 1.82) is 0 Å². The van der Waals surface area contributed by atoms with Gasteiger partial charge >= 0.3 is 0 Å². The minimum absolute atomic E-state index is 0.223. The van der Waals surface area contributed by atoms with Crippen LogP contribution in [0.5, 0.6) is 0 Å². The summed E-state index contributed by atoms with van der Waals surface area (Å²) in [7, 11) is 0. The zero-order valence-electron chi connectivity index (χ0n) is 8.36. The summed E-state index contributed by atoms with van der Waals surface area (Å²) in [6.45, 7) is 3.42. The summed E-state index contributed by atoms with van der Waals surface area (Å²) in [6, 6.07) is 4.05. The average Bonchev–Trinajstić information content (AvgIpc) is 2.27. The third kappa shape index (κ3) is 1.62. The molecule has 1 aromatic rings. The minimum Gasteiger partial charge on any atom is -0.336 e. The lowest BCUT2D eigenvalue weighted by atomic mass is 10.1. The molecule has 14 heavy (non-hydrogen) atoms. The molecule has 2 rings (SSSR count).